The van der Waals surface area contributed by atoms with E-state index in [1.807, 2.05) is 31.2 Å². The normalized spacial score (nSPS) is 15.0. The van der Waals surface area contributed by atoms with E-state index in [1.165, 1.54) is 6.08 Å². The third kappa shape index (κ3) is 5.13. The quantitative estimate of drug-likeness (QED) is 0.408. The first-order chi connectivity index (χ1) is 15.9. The number of hydrogen-bond donors (Lipinski definition) is 1. The smallest absolute Gasteiger partial charge is 0.335 e. The van der Waals surface area contributed by atoms with Gasteiger partial charge in [0.05, 0.1) is 5.69 Å². The molecule has 0 radical (unpaired) electrons. The Morgan fingerprint density at radius 2 is 1.52 bits per heavy atom. The van der Waals surface area contributed by atoms with Crippen molar-refractivity contribution in [3.05, 3.63) is 100 Å². The van der Waals surface area contributed by atoms with E-state index in [1.54, 1.807) is 48.5 Å². The molecule has 6 nitrogen and oxygen atoms in total. The lowest BCUT2D eigenvalue weighted by Crippen LogP contribution is -2.54. The first-order valence-corrected chi connectivity index (χ1v) is 10.8. The number of aryl methyl sites for hydroxylation is 1. The topological polar surface area (TPSA) is 75.7 Å². The van der Waals surface area contributed by atoms with E-state index < -0.39 is 17.8 Å². The van der Waals surface area contributed by atoms with E-state index in [-0.39, 0.29) is 5.57 Å². The molecule has 4 rings (SSSR count). The average Bonchev–Trinajstić information content (AvgIpc) is 2.82. The third-order valence-electron chi connectivity index (χ3n) is 5.21. The molecule has 4 amide bonds. The van der Waals surface area contributed by atoms with Crippen LogP contribution >= 0.6 is 11.6 Å². The van der Waals surface area contributed by atoms with Crippen molar-refractivity contribution in [1.82, 2.24) is 5.32 Å². The number of nitrogens with one attached hydrogen (secondary N) is 1. The number of benzene rings is 3. The van der Waals surface area contributed by atoms with Gasteiger partial charge in [0.15, 0.2) is 0 Å². The van der Waals surface area contributed by atoms with Crippen molar-refractivity contribution >= 4 is 41.2 Å². The number of halogens is 1. The van der Waals surface area contributed by atoms with Crippen LogP contribution < -0.4 is 15.0 Å². The molecule has 0 aliphatic carbocycles. The van der Waals surface area contributed by atoms with Crippen LogP contribution in [0.4, 0.5) is 10.5 Å². The van der Waals surface area contributed by atoms with E-state index in [4.69, 9.17) is 16.3 Å². The fourth-order valence-corrected chi connectivity index (χ4v) is 3.47. The minimum Gasteiger partial charge on any atom is -0.489 e. The maximum Gasteiger partial charge on any atom is 0.335 e. The highest BCUT2D eigenvalue weighted by molar-refractivity contribution is 6.39. The van der Waals surface area contributed by atoms with Gasteiger partial charge in [-0.15, -0.1) is 0 Å². The van der Waals surface area contributed by atoms with E-state index in [9.17, 15) is 14.4 Å². The number of rotatable bonds is 6. The predicted octanol–water partition coefficient (Wildman–Crippen LogP) is 5.15. The van der Waals surface area contributed by atoms with Crippen molar-refractivity contribution in [3.63, 3.8) is 0 Å². The summed E-state index contributed by atoms with van der Waals surface area (Å²) in [5.74, 6) is -0.759. The number of ether oxygens (including phenoxy) is 1. The Hall–Kier alpha value is -3.90. The zero-order valence-corrected chi connectivity index (χ0v) is 18.6. The fraction of sp³-hybridized carbons (Fsp3) is 0.115. The van der Waals surface area contributed by atoms with Crippen LogP contribution in [0.25, 0.3) is 6.08 Å². The Labute approximate surface area is 196 Å². The highest BCUT2D eigenvalue weighted by atomic mass is 35.5. The Bertz CT molecular complexity index is 1220. The number of barbiturate groups is 1. The molecule has 0 bridgehead atoms. The molecular formula is C26H21ClN2O4. The summed E-state index contributed by atoms with van der Waals surface area (Å²) in [5.41, 5.74) is 2.96. The minimum atomic E-state index is -0.766. The molecule has 33 heavy (non-hydrogen) atoms. The number of amides is 4. The summed E-state index contributed by atoms with van der Waals surface area (Å²) in [6.45, 7) is 2.40. The van der Waals surface area contributed by atoms with Crippen LogP contribution in [-0.4, -0.2) is 17.8 Å². The van der Waals surface area contributed by atoms with Crippen molar-refractivity contribution < 1.29 is 19.1 Å². The number of hydrogen-bond acceptors (Lipinski definition) is 4. The van der Waals surface area contributed by atoms with Gasteiger partial charge in [0.25, 0.3) is 11.8 Å². The summed E-state index contributed by atoms with van der Waals surface area (Å²) in [6, 6.07) is 20.7. The summed E-state index contributed by atoms with van der Waals surface area (Å²) in [4.78, 5) is 38.7. The van der Waals surface area contributed by atoms with E-state index in [2.05, 4.69) is 5.32 Å². The Kier molecular flexibility index (Phi) is 6.56. The lowest BCUT2D eigenvalue weighted by molar-refractivity contribution is -0.122. The summed E-state index contributed by atoms with van der Waals surface area (Å²) in [7, 11) is 0. The Morgan fingerprint density at radius 1 is 0.879 bits per heavy atom. The Morgan fingerprint density at radius 3 is 2.15 bits per heavy atom. The molecule has 0 saturated carbocycles. The van der Waals surface area contributed by atoms with Crippen molar-refractivity contribution in [2.24, 2.45) is 0 Å². The van der Waals surface area contributed by atoms with Gasteiger partial charge < -0.3 is 4.74 Å². The molecule has 1 aliphatic rings. The number of carbonyl (C=O) groups is 3. The number of imide groups is 2. The molecule has 0 aromatic heterocycles. The van der Waals surface area contributed by atoms with Crippen LogP contribution in [0.3, 0.4) is 0 Å². The van der Waals surface area contributed by atoms with E-state index in [0.29, 0.717) is 28.6 Å². The minimum absolute atomic E-state index is 0.121. The zero-order chi connectivity index (χ0) is 23.4. The van der Waals surface area contributed by atoms with Crippen molar-refractivity contribution in [3.8, 4) is 5.75 Å². The summed E-state index contributed by atoms with van der Waals surface area (Å²) in [5, 5.41) is 2.90. The zero-order valence-electron chi connectivity index (χ0n) is 17.9. The average molecular weight is 461 g/mol. The highest BCUT2D eigenvalue weighted by Crippen LogP contribution is 2.23. The summed E-state index contributed by atoms with van der Waals surface area (Å²) < 4.78 is 5.76. The first-order valence-electron chi connectivity index (χ1n) is 10.4. The van der Waals surface area contributed by atoms with Crippen LogP contribution in [-0.2, 0) is 22.6 Å². The first kappa shape index (κ1) is 22.3. The second-order valence-corrected chi connectivity index (χ2v) is 7.90. The van der Waals surface area contributed by atoms with Crippen LogP contribution in [0.1, 0.15) is 23.6 Å². The van der Waals surface area contributed by atoms with Crippen LogP contribution in [0.2, 0.25) is 5.02 Å². The van der Waals surface area contributed by atoms with Crippen LogP contribution in [0.15, 0.2) is 78.4 Å². The van der Waals surface area contributed by atoms with Crippen molar-refractivity contribution in [2.75, 3.05) is 4.90 Å². The van der Waals surface area contributed by atoms with Crippen molar-refractivity contribution in [2.45, 2.75) is 20.0 Å². The molecule has 1 aliphatic heterocycles. The van der Waals surface area contributed by atoms with Gasteiger partial charge >= 0.3 is 6.03 Å². The molecule has 1 saturated heterocycles. The second-order valence-electron chi connectivity index (χ2n) is 7.46. The molecule has 3 aromatic rings. The van der Waals surface area contributed by atoms with E-state index in [0.717, 1.165) is 22.4 Å². The number of nitrogens with zero attached hydrogens (tertiary/aromatic N) is 1. The van der Waals surface area contributed by atoms with Gasteiger partial charge in [0.2, 0.25) is 0 Å². The maximum atomic E-state index is 13.0. The fourth-order valence-electron chi connectivity index (χ4n) is 3.35. The summed E-state index contributed by atoms with van der Waals surface area (Å²) >= 11 is 5.89. The molecule has 0 spiro atoms. The second kappa shape index (κ2) is 9.71. The monoisotopic (exact) mass is 460 g/mol. The lowest BCUT2D eigenvalue weighted by atomic mass is 10.1. The van der Waals surface area contributed by atoms with Gasteiger partial charge in [0, 0.05) is 5.02 Å². The van der Waals surface area contributed by atoms with Crippen LogP contribution in [0, 0.1) is 0 Å². The lowest BCUT2D eigenvalue weighted by Gasteiger charge is -2.26. The molecule has 1 fully saturated rings. The highest BCUT2D eigenvalue weighted by Gasteiger charge is 2.36. The maximum absolute atomic E-state index is 13.0. The molecule has 3 aromatic carbocycles. The number of carbonyl (C=O) groups excluding carboxylic acids is 3. The van der Waals surface area contributed by atoms with Gasteiger partial charge in [-0.25, -0.2) is 9.69 Å². The Balaban J connectivity index is 1.50. The molecule has 7 heteroatoms. The molecule has 1 N–H and O–H groups in total. The molecular weight excluding hydrogens is 440 g/mol. The number of anilines is 1. The molecule has 0 unspecified atom stereocenters. The third-order valence-corrected chi connectivity index (χ3v) is 5.47. The van der Waals surface area contributed by atoms with Gasteiger partial charge in [-0.05, 0) is 65.6 Å². The molecule has 0 atom stereocenters. The van der Waals surface area contributed by atoms with Gasteiger partial charge in [-0.3, -0.25) is 14.9 Å². The standard InChI is InChI=1S/C26H21ClN2O4/c1-2-17-5-11-21(12-6-17)29-25(31)23(24(30)28-26(29)32)15-18-7-13-22(14-8-18)33-16-19-3-9-20(27)10-4-19/h3-15H,2,16H2,1H3,(H,28,30,32)/b23-15-. The van der Waals surface area contributed by atoms with Crippen LogP contribution in [0.5, 0.6) is 5.75 Å². The number of urea groups is 1. The van der Waals surface area contributed by atoms with Gasteiger partial charge in [-0.1, -0.05) is 54.9 Å². The van der Waals surface area contributed by atoms with Gasteiger partial charge in [0.1, 0.15) is 17.9 Å². The summed E-state index contributed by atoms with van der Waals surface area (Å²) in [6.07, 6.45) is 2.30. The van der Waals surface area contributed by atoms with Crippen molar-refractivity contribution in [1.29, 1.82) is 0 Å². The van der Waals surface area contributed by atoms with Gasteiger partial charge in [-0.2, -0.15) is 0 Å². The van der Waals surface area contributed by atoms with E-state index >= 15 is 0 Å². The SMILES string of the molecule is CCc1ccc(N2C(=O)NC(=O)/C(=C/c3ccc(OCc4ccc(Cl)cc4)cc3)C2=O)cc1. The largest absolute Gasteiger partial charge is 0.489 e. The molecule has 166 valence electrons. The molecule has 1 heterocycles. The predicted molar refractivity (Wildman–Crippen MR) is 127 cm³/mol.